The zero-order chi connectivity index (χ0) is 18.0. The van der Waals surface area contributed by atoms with Crippen molar-refractivity contribution in [3.63, 3.8) is 0 Å². The van der Waals surface area contributed by atoms with E-state index in [2.05, 4.69) is 16.0 Å². The van der Waals surface area contributed by atoms with E-state index in [1.807, 2.05) is 6.92 Å². The van der Waals surface area contributed by atoms with Gasteiger partial charge in [0.1, 0.15) is 5.54 Å². The number of hydrogen-bond acceptors (Lipinski definition) is 3. The Labute approximate surface area is 144 Å². The second-order valence-corrected chi connectivity index (χ2v) is 6.77. The van der Waals surface area contributed by atoms with Gasteiger partial charge in [-0.3, -0.25) is 4.79 Å². The van der Waals surface area contributed by atoms with Crippen LogP contribution < -0.4 is 16.0 Å². The molecule has 3 amide bonds. The highest BCUT2D eigenvalue weighted by Gasteiger charge is 2.33. The van der Waals surface area contributed by atoms with Crippen LogP contribution >= 0.6 is 0 Å². The van der Waals surface area contributed by atoms with Gasteiger partial charge in [0.2, 0.25) is 5.91 Å². The minimum Gasteiger partial charge on any atom is -0.480 e. The average molecular weight is 341 g/mol. The topological polar surface area (TPSA) is 108 Å². The first kappa shape index (κ1) is 20.3. The van der Waals surface area contributed by atoms with Crippen LogP contribution in [0.3, 0.4) is 0 Å². The average Bonchev–Trinajstić information content (AvgIpc) is 2.52. The molecule has 1 fully saturated rings. The third kappa shape index (κ3) is 7.19. The highest BCUT2D eigenvalue weighted by atomic mass is 16.4. The third-order valence-electron chi connectivity index (χ3n) is 4.44. The third-order valence-corrected chi connectivity index (χ3v) is 4.44. The van der Waals surface area contributed by atoms with E-state index in [-0.39, 0.29) is 24.4 Å². The SMILES string of the molecule is CCCC(C)(NC(=O)CCCNC(=O)NC1CCCCC1)C(=O)O. The lowest BCUT2D eigenvalue weighted by Gasteiger charge is -2.25. The Morgan fingerprint density at radius 3 is 2.42 bits per heavy atom. The van der Waals surface area contributed by atoms with Gasteiger partial charge in [0.15, 0.2) is 0 Å². The van der Waals surface area contributed by atoms with E-state index in [4.69, 9.17) is 0 Å². The van der Waals surface area contributed by atoms with Gasteiger partial charge in [-0.1, -0.05) is 32.6 Å². The van der Waals surface area contributed by atoms with Gasteiger partial charge in [0.05, 0.1) is 0 Å². The first-order valence-corrected chi connectivity index (χ1v) is 8.96. The van der Waals surface area contributed by atoms with E-state index >= 15 is 0 Å². The molecule has 1 unspecified atom stereocenters. The monoisotopic (exact) mass is 341 g/mol. The smallest absolute Gasteiger partial charge is 0.329 e. The first-order valence-electron chi connectivity index (χ1n) is 8.96. The number of carboxylic acid groups (broad SMARTS) is 1. The number of rotatable bonds is 9. The van der Waals surface area contributed by atoms with Crippen molar-refractivity contribution in [1.82, 2.24) is 16.0 Å². The lowest BCUT2D eigenvalue weighted by Crippen LogP contribution is -2.52. The number of aliphatic carboxylic acids is 1. The summed E-state index contributed by atoms with van der Waals surface area (Å²) in [5, 5.41) is 17.5. The number of hydrogen-bond donors (Lipinski definition) is 4. The van der Waals surface area contributed by atoms with Crippen LogP contribution in [0.25, 0.3) is 0 Å². The van der Waals surface area contributed by atoms with Crippen LogP contribution in [0.5, 0.6) is 0 Å². The Balaban J connectivity index is 2.20. The fourth-order valence-electron chi connectivity index (χ4n) is 3.03. The summed E-state index contributed by atoms with van der Waals surface area (Å²) in [5.41, 5.74) is -1.22. The lowest BCUT2D eigenvalue weighted by molar-refractivity contribution is -0.147. The Morgan fingerprint density at radius 2 is 1.83 bits per heavy atom. The van der Waals surface area contributed by atoms with Crippen LogP contribution in [0, 0.1) is 0 Å². The molecule has 7 nitrogen and oxygen atoms in total. The number of carboxylic acids is 1. The molecule has 0 aromatic rings. The summed E-state index contributed by atoms with van der Waals surface area (Å²) >= 11 is 0. The molecule has 1 saturated carbocycles. The quantitative estimate of drug-likeness (QED) is 0.482. The van der Waals surface area contributed by atoms with Crippen LogP contribution in [0.1, 0.15) is 71.6 Å². The number of carbonyl (C=O) groups excluding carboxylic acids is 2. The molecular formula is C17H31N3O4. The Morgan fingerprint density at radius 1 is 1.17 bits per heavy atom. The fourth-order valence-corrected chi connectivity index (χ4v) is 3.03. The molecule has 4 N–H and O–H groups in total. The molecule has 1 rings (SSSR count). The molecule has 0 radical (unpaired) electrons. The molecule has 1 aliphatic carbocycles. The molecule has 0 saturated heterocycles. The summed E-state index contributed by atoms with van der Waals surface area (Å²) in [7, 11) is 0. The van der Waals surface area contributed by atoms with Crippen molar-refractivity contribution in [3.8, 4) is 0 Å². The molecule has 138 valence electrons. The molecular weight excluding hydrogens is 310 g/mol. The van der Waals surface area contributed by atoms with Gasteiger partial charge in [-0.05, 0) is 32.6 Å². The fraction of sp³-hybridized carbons (Fsp3) is 0.824. The molecule has 0 heterocycles. The van der Waals surface area contributed by atoms with Crippen molar-refractivity contribution in [2.75, 3.05) is 6.54 Å². The van der Waals surface area contributed by atoms with Crippen LogP contribution in [0.15, 0.2) is 0 Å². The van der Waals surface area contributed by atoms with Gasteiger partial charge in [0, 0.05) is 19.0 Å². The van der Waals surface area contributed by atoms with Crippen molar-refractivity contribution < 1.29 is 19.5 Å². The summed E-state index contributed by atoms with van der Waals surface area (Å²) in [6.45, 7) is 3.79. The van der Waals surface area contributed by atoms with Crippen molar-refractivity contribution in [1.29, 1.82) is 0 Å². The van der Waals surface area contributed by atoms with Gasteiger partial charge in [-0.15, -0.1) is 0 Å². The molecule has 0 aromatic carbocycles. The molecule has 1 aliphatic rings. The zero-order valence-electron chi connectivity index (χ0n) is 14.8. The van der Waals surface area contributed by atoms with Gasteiger partial charge < -0.3 is 21.1 Å². The standard InChI is InChI=1S/C17H31N3O4/c1-3-11-17(2,15(22)23)20-14(21)10-7-12-18-16(24)19-13-8-5-4-6-9-13/h13H,3-12H2,1-2H3,(H,20,21)(H,22,23)(H2,18,19,24). The van der Waals surface area contributed by atoms with Crippen molar-refractivity contribution in [2.24, 2.45) is 0 Å². The van der Waals surface area contributed by atoms with E-state index < -0.39 is 11.5 Å². The molecule has 0 aromatic heterocycles. The summed E-state index contributed by atoms with van der Waals surface area (Å²) in [5.74, 6) is -1.33. The number of nitrogens with one attached hydrogen (secondary N) is 3. The Kier molecular flexibility index (Phi) is 8.57. The van der Waals surface area contributed by atoms with E-state index in [1.165, 1.54) is 13.3 Å². The van der Waals surface area contributed by atoms with E-state index in [9.17, 15) is 19.5 Å². The van der Waals surface area contributed by atoms with Crippen LogP contribution in [-0.4, -0.2) is 41.1 Å². The Hall–Kier alpha value is -1.79. The first-order chi connectivity index (χ1) is 11.4. The Bertz CT molecular complexity index is 436. The zero-order valence-corrected chi connectivity index (χ0v) is 14.8. The number of amides is 3. The van der Waals surface area contributed by atoms with Gasteiger partial charge in [0.25, 0.3) is 0 Å². The van der Waals surface area contributed by atoms with Gasteiger partial charge in [-0.2, -0.15) is 0 Å². The normalized spacial score (nSPS) is 17.6. The molecule has 0 spiro atoms. The largest absolute Gasteiger partial charge is 0.480 e. The maximum Gasteiger partial charge on any atom is 0.329 e. The predicted molar refractivity (Wildman–Crippen MR) is 91.7 cm³/mol. The minimum absolute atomic E-state index is 0.191. The maximum atomic E-state index is 11.9. The molecule has 7 heteroatoms. The summed E-state index contributed by atoms with van der Waals surface area (Å²) in [6.07, 6.45) is 7.34. The van der Waals surface area contributed by atoms with Crippen molar-refractivity contribution in [3.05, 3.63) is 0 Å². The summed E-state index contributed by atoms with van der Waals surface area (Å²) < 4.78 is 0. The second-order valence-electron chi connectivity index (χ2n) is 6.77. The molecule has 24 heavy (non-hydrogen) atoms. The predicted octanol–water partition coefficient (Wildman–Crippen LogP) is 2.16. The van der Waals surface area contributed by atoms with Gasteiger partial charge in [-0.25, -0.2) is 9.59 Å². The minimum atomic E-state index is -1.22. The number of urea groups is 1. The van der Waals surface area contributed by atoms with E-state index in [0.717, 1.165) is 25.7 Å². The highest BCUT2D eigenvalue weighted by Crippen LogP contribution is 2.17. The van der Waals surface area contributed by atoms with E-state index in [0.29, 0.717) is 25.8 Å². The highest BCUT2D eigenvalue weighted by molar-refractivity contribution is 5.86. The maximum absolute atomic E-state index is 11.9. The van der Waals surface area contributed by atoms with Crippen molar-refractivity contribution >= 4 is 17.9 Å². The summed E-state index contributed by atoms with van der Waals surface area (Å²) in [6, 6.07) is 0.0658. The van der Waals surface area contributed by atoms with Crippen molar-refractivity contribution in [2.45, 2.75) is 83.2 Å². The molecule has 0 bridgehead atoms. The van der Waals surface area contributed by atoms with E-state index in [1.54, 1.807) is 0 Å². The lowest BCUT2D eigenvalue weighted by atomic mass is 9.96. The molecule has 0 aliphatic heterocycles. The van der Waals surface area contributed by atoms with Crippen LogP contribution in [0.4, 0.5) is 4.79 Å². The number of carbonyl (C=O) groups is 3. The summed E-state index contributed by atoms with van der Waals surface area (Å²) in [4.78, 5) is 34.9. The van der Waals surface area contributed by atoms with Crippen LogP contribution in [-0.2, 0) is 9.59 Å². The van der Waals surface area contributed by atoms with Crippen LogP contribution in [0.2, 0.25) is 0 Å². The molecule has 1 atom stereocenters. The second kappa shape index (κ2) is 10.2. The van der Waals surface area contributed by atoms with Gasteiger partial charge >= 0.3 is 12.0 Å².